The molecule has 146 valence electrons. The molecule has 1 aliphatic rings. The first-order valence-electron chi connectivity index (χ1n) is 7.83. The molecule has 0 bridgehead atoms. The molecule has 1 unspecified atom stereocenters. The molecule has 2 N–H and O–H groups in total. The number of alkyl halides is 3. The molecule has 4 nitrogen and oxygen atoms in total. The Labute approximate surface area is 158 Å². The molecule has 1 atom stereocenters. The third kappa shape index (κ3) is 5.98. The highest BCUT2D eigenvalue weighted by atomic mass is 79.9. The summed E-state index contributed by atoms with van der Waals surface area (Å²) in [5.41, 5.74) is -0.634. The summed E-state index contributed by atoms with van der Waals surface area (Å²) >= 11 is 2.98. The van der Waals surface area contributed by atoms with E-state index in [1.807, 2.05) is 12.2 Å². The van der Waals surface area contributed by atoms with Crippen LogP contribution >= 0.6 is 15.9 Å². The van der Waals surface area contributed by atoms with Gasteiger partial charge in [-0.1, -0.05) is 28.6 Å². The summed E-state index contributed by atoms with van der Waals surface area (Å²) in [7, 11) is 1.14. The van der Waals surface area contributed by atoms with Crippen LogP contribution in [0.4, 0.5) is 17.6 Å². The molecule has 26 heavy (non-hydrogen) atoms. The molecule has 0 radical (unpaired) electrons. The molecule has 0 aromatic heterocycles. The molecule has 0 heterocycles. The summed E-state index contributed by atoms with van der Waals surface area (Å²) in [6.45, 7) is 6.27. The molecule has 1 saturated carbocycles. The van der Waals surface area contributed by atoms with Crippen LogP contribution in [-0.4, -0.2) is 31.8 Å². The summed E-state index contributed by atoms with van der Waals surface area (Å²) < 4.78 is 56.2. The highest BCUT2D eigenvalue weighted by molar-refractivity contribution is 9.10. The van der Waals surface area contributed by atoms with Gasteiger partial charge in [0.2, 0.25) is 6.41 Å². The number of hydrogen-bond donors (Lipinski definition) is 2. The minimum Gasteiger partial charge on any atom is -0.496 e. The summed E-state index contributed by atoms with van der Waals surface area (Å²) in [5.74, 6) is -0.201. The second-order valence-electron chi connectivity index (χ2n) is 5.63. The van der Waals surface area contributed by atoms with Gasteiger partial charge in [0.25, 0.3) is 0 Å². The van der Waals surface area contributed by atoms with Crippen molar-refractivity contribution in [2.75, 3.05) is 13.7 Å². The lowest BCUT2D eigenvalue weighted by atomic mass is 10.1. The topological polar surface area (TPSA) is 50.4 Å². The maximum atomic E-state index is 13.2. The standard InChI is InChI=1S/C9H8BrF4N.C8H13NO2/c1-15-8(9(12,13)14)6-3-2-5(10)4-7(6)11;1-3-11-7(2)8(4-5-8)9-6-10/h2-4,8,15H,1H3;6H,2-5H2,1H3,(H,9,10). The average molecular weight is 441 g/mol. The van der Waals surface area contributed by atoms with Gasteiger partial charge < -0.3 is 15.4 Å². The van der Waals surface area contributed by atoms with Crippen LogP contribution in [0.1, 0.15) is 31.4 Å². The van der Waals surface area contributed by atoms with Crippen LogP contribution in [-0.2, 0) is 9.53 Å². The smallest absolute Gasteiger partial charge is 0.408 e. The van der Waals surface area contributed by atoms with Crippen LogP contribution in [0.3, 0.4) is 0 Å². The van der Waals surface area contributed by atoms with E-state index in [9.17, 15) is 22.4 Å². The van der Waals surface area contributed by atoms with Crippen molar-refractivity contribution in [2.24, 2.45) is 0 Å². The van der Waals surface area contributed by atoms with Crippen molar-refractivity contribution in [2.45, 2.75) is 37.5 Å². The van der Waals surface area contributed by atoms with Crippen molar-refractivity contribution in [3.8, 4) is 0 Å². The van der Waals surface area contributed by atoms with Crippen molar-refractivity contribution in [1.29, 1.82) is 0 Å². The Hall–Kier alpha value is -1.61. The molecule has 2 rings (SSSR count). The van der Waals surface area contributed by atoms with Gasteiger partial charge >= 0.3 is 6.18 Å². The number of ether oxygens (including phenoxy) is 1. The summed E-state index contributed by atoms with van der Waals surface area (Å²) in [6.07, 6.45) is -1.91. The van der Waals surface area contributed by atoms with E-state index in [0.717, 1.165) is 32.0 Å². The van der Waals surface area contributed by atoms with Gasteiger partial charge in [0.05, 0.1) is 12.1 Å². The lowest BCUT2D eigenvalue weighted by molar-refractivity contribution is -0.157. The number of carbonyl (C=O) groups is 1. The van der Waals surface area contributed by atoms with Crippen LogP contribution in [0.15, 0.2) is 35.0 Å². The van der Waals surface area contributed by atoms with Crippen LogP contribution in [0.5, 0.6) is 0 Å². The summed E-state index contributed by atoms with van der Waals surface area (Å²) in [5, 5.41) is 4.75. The van der Waals surface area contributed by atoms with Crippen molar-refractivity contribution < 1.29 is 27.1 Å². The molecule has 1 aromatic rings. The monoisotopic (exact) mass is 440 g/mol. The average Bonchev–Trinajstić information content (AvgIpc) is 3.31. The number of halogens is 5. The van der Waals surface area contributed by atoms with Gasteiger partial charge in [0.15, 0.2) is 0 Å². The number of nitrogens with one attached hydrogen (secondary N) is 2. The quantitative estimate of drug-likeness (QED) is 0.379. The molecule has 0 aliphatic heterocycles. The molecular formula is C17H21BrF4N2O2. The minimum absolute atomic E-state index is 0.224. The van der Waals surface area contributed by atoms with E-state index >= 15 is 0 Å². The van der Waals surface area contributed by atoms with Gasteiger partial charge in [-0.3, -0.25) is 4.79 Å². The second-order valence-corrected chi connectivity index (χ2v) is 6.55. The van der Waals surface area contributed by atoms with Gasteiger partial charge in [0, 0.05) is 10.0 Å². The van der Waals surface area contributed by atoms with E-state index < -0.39 is 23.6 Å². The van der Waals surface area contributed by atoms with E-state index in [1.165, 1.54) is 6.07 Å². The third-order valence-corrected chi connectivity index (χ3v) is 4.32. The number of benzene rings is 1. The highest BCUT2D eigenvalue weighted by Gasteiger charge is 2.46. The van der Waals surface area contributed by atoms with E-state index in [2.05, 4.69) is 27.8 Å². The first kappa shape index (κ1) is 22.4. The number of carbonyl (C=O) groups excluding carboxylic acids is 1. The van der Waals surface area contributed by atoms with E-state index in [4.69, 9.17) is 4.74 Å². The molecule has 0 spiro atoms. The fourth-order valence-electron chi connectivity index (χ4n) is 2.28. The Kier molecular flexibility index (Phi) is 8.08. The Balaban J connectivity index is 0.000000273. The molecule has 1 aromatic carbocycles. The zero-order chi connectivity index (χ0) is 20.0. The normalized spacial score (nSPS) is 16.0. The van der Waals surface area contributed by atoms with Gasteiger partial charge in [-0.05, 0) is 38.9 Å². The SMILES string of the molecule is C=C(OCC)C1(NC=O)CC1.CNC(c1ccc(Br)cc1F)C(F)(F)F. The Bertz CT molecular complexity index is 634. The molecule has 9 heteroatoms. The van der Waals surface area contributed by atoms with E-state index in [1.54, 1.807) is 0 Å². The zero-order valence-corrected chi connectivity index (χ0v) is 16.0. The Morgan fingerprint density at radius 2 is 2.08 bits per heavy atom. The Morgan fingerprint density at radius 3 is 2.46 bits per heavy atom. The number of amides is 1. The van der Waals surface area contributed by atoms with Crippen LogP contribution < -0.4 is 10.6 Å². The van der Waals surface area contributed by atoms with Gasteiger partial charge in [-0.25, -0.2) is 4.39 Å². The van der Waals surface area contributed by atoms with Crippen LogP contribution in [0.25, 0.3) is 0 Å². The first-order chi connectivity index (χ1) is 12.1. The number of hydrogen-bond acceptors (Lipinski definition) is 3. The second kappa shape index (κ2) is 9.36. The minimum atomic E-state index is -4.51. The van der Waals surface area contributed by atoms with Gasteiger partial charge in [-0.2, -0.15) is 13.2 Å². The highest BCUT2D eigenvalue weighted by Crippen LogP contribution is 2.41. The fraction of sp³-hybridized carbons (Fsp3) is 0.471. The summed E-state index contributed by atoms with van der Waals surface area (Å²) in [6, 6.07) is 1.50. The Morgan fingerprint density at radius 1 is 1.46 bits per heavy atom. The molecule has 0 saturated heterocycles. The van der Waals surface area contributed by atoms with E-state index in [-0.39, 0.29) is 5.54 Å². The zero-order valence-electron chi connectivity index (χ0n) is 14.4. The molecular weight excluding hydrogens is 420 g/mol. The summed E-state index contributed by atoms with van der Waals surface area (Å²) in [4.78, 5) is 10.2. The van der Waals surface area contributed by atoms with Crippen molar-refractivity contribution >= 4 is 22.3 Å². The predicted octanol–water partition coefficient (Wildman–Crippen LogP) is 4.23. The van der Waals surface area contributed by atoms with Crippen LogP contribution in [0.2, 0.25) is 0 Å². The van der Waals surface area contributed by atoms with Crippen molar-refractivity contribution in [3.05, 3.63) is 46.4 Å². The van der Waals surface area contributed by atoms with Crippen molar-refractivity contribution in [1.82, 2.24) is 10.6 Å². The predicted molar refractivity (Wildman–Crippen MR) is 93.9 cm³/mol. The van der Waals surface area contributed by atoms with Gasteiger partial charge in [0.1, 0.15) is 17.6 Å². The third-order valence-electron chi connectivity index (χ3n) is 3.83. The van der Waals surface area contributed by atoms with E-state index in [0.29, 0.717) is 23.2 Å². The fourth-order valence-corrected chi connectivity index (χ4v) is 2.62. The number of rotatable bonds is 7. The lowest BCUT2D eigenvalue weighted by Gasteiger charge is -2.20. The van der Waals surface area contributed by atoms with Gasteiger partial charge in [-0.15, -0.1) is 0 Å². The van der Waals surface area contributed by atoms with Crippen molar-refractivity contribution in [3.63, 3.8) is 0 Å². The largest absolute Gasteiger partial charge is 0.496 e. The maximum Gasteiger partial charge on any atom is 0.408 e. The lowest BCUT2D eigenvalue weighted by Crippen LogP contribution is -2.32. The first-order valence-corrected chi connectivity index (χ1v) is 8.63. The van der Waals surface area contributed by atoms with Crippen LogP contribution in [0, 0.1) is 5.82 Å². The molecule has 1 amide bonds. The molecule has 1 fully saturated rings. The maximum absolute atomic E-state index is 13.2. The molecule has 1 aliphatic carbocycles.